The first kappa shape index (κ1) is 19.3. The van der Waals surface area contributed by atoms with Crippen LogP contribution in [0.2, 0.25) is 5.04 Å². The zero-order valence-electron chi connectivity index (χ0n) is 16.1. The van der Waals surface area contributed by atoms with Crippen LogP contribution in [0.15, 0.2) is 60.7 Å². The molecule has 1 aliphatic rings. The summed E-state index contributed by atoms with van der Waals surface area (Å²) in [7, 11) is -2.50. The molecule has 26 heavy (non-hydrogen) atoms. The van der Waals surface area contributed by atoms with Gasteiger partial charge in [-0.2, -0.15) is 0 Å². The number of hydrogen-bond donors (Lipinski definition) is 0. The van der Waals surface area contributed by atoms with E-state index in [1.807, 2.05) is 0 Å². The molecular weight excluding hydrogens is 340 g/mol. The number of rotatable bonds is 4. The minimum Gasteiger partial charge on any atom is -0.402 e. The molecule has 1 atom stereocenters. The maximum Gasteiger partial charge on any atom is 0.261 e. The summed E-state index contributed by atoms with van der Waals surface area (Å²) in [6.07, 6.45) is 2.06. The van der Waals surface area contributed by atoms with Gasteiger partial charge < -0.3 is 13.9 Å². The molecule has 1 fully saturated rings. The van der Waals surface area contributed by atoms with Gasteiger partial charge in [-0.1, -0.05) is 81.4 Å². The molecule has 0 aromatic heterocycles. The Balaban J connectivity index is 2.08. The Morgan fingerprint density at radius 2 is 1.46 bits per heavy atom. The third kappa shape index (κ3) is 4.09. The molecule has 0 saturated carbocycles. The van der Waals surface area contributed by atoms with Crippen LogP contribution in [0.1, 0.15) is 33.6 Å². The third-order valence-corrected chi connectivity index (χ3v) is 10.1. The molecule has 0 aliphatic carbocycles. The highest BCUT2D eigenvalue weighted by Crippen LogP contribution is 2.38. The minimum absolute atomic E-state index is 0.00538. The Hall–Kier alpha value is -1.46. The van der Waals surface area contributed by atoms with Gasteiger partial charge in [0.2, 0.25) is 0 Å². The van der Waals surface area contributed by atoms with E-state index >= 15 is 0 Å². The summed E-state index contributed by atoms with van der Waals surface area (Å²) in [5.41, 5.74) is 0. The number of ether oxygens (including phenoxy) is 2. The molecule has 0 N–H and O–H groups in total. The van der Waals surface area contributed by atoms with Crippen molar-refractivity contribution in [2.45, 2.75) is 44.8 Å². The fraction of sp³-hybridized carbons (Fsp3) is 0.455. The first-order chi connectivity index (χ1) is 12.5. The van der Waals surface area contributed by atoms with Crippen LogP contribution in [0.25, 0.3) is 0 Å². The van der Waals surface area contributed by atoms with Gasteiger partial charge in [-0.15, -0.1) is 0 Å². The second-order valence-electron chi connectivity index (χ2n) is 7.94. The Morgan fingerprint density at radius 3 is 2.00 bits per heavy atom. The Morgan fingerprint density at radius 1 is 0.885 bits per heavy atom. The van der Waals surface area contributed by atoms with E-state index in [2.05, 4.69) is 81.4 Å². The van der Waals surface area contributed by atoms with Crippen molar-refractivity contribution in [3.63, 3.8) is 0 Å². The summed E-state index contributed by atoms with van der Waals surface area (Å²) in [6.45, 7) is 8.62. The minimum atomic E-state index is -2.50. The summed E-state index contributed by atoms with van der Waals surface area (Å²) in [6, 6.07) is 21.6. The summed E-state index contributed by atoms with van der Waals surface area (Å²) >= 11 is 0. The average molecular weight is 371 g/mol. The SMILES string of the molecule is CC(C)(C)[Si](OC1CCCOCOC1)(c1ccccc1)c1ccccc1. The fourth-order valence-electron chi connectivity index (χ4n) is 3.83. The number of hydrogen-bond acceptors (Lipinski definition) is 3. The van der Waals surface area contributed by atoms with Crippen LogP contribution in [-0.4, -0.2) is 34.4 Å². The van der Waals surface area contributed by atoms with Crippen LogP contribution in [0, 0.1) is 0 Å². The first-order valence-electron chi connectivity index (χ1n) is 9.48. The quantitative estimate of drug-likeness (QED) is 0.768. The van der Waals surface area contributed by atoms with E-state index in [4.69, 9.17) is 13.9 Å². The van der Waals surface area contributed by atoms with E-state index in [9.17, 15) is 0 Å². The van der Waals surface area contributed by atoms with E-state index in [1.54, 1.807) is 0 Å². The van der Waals surface area contributed by atoms with Gasteiger partial charge >= 0.3 is 0 Å². The highest BCUT2D eigenvalue weighted by atomic mass is 28.4. The molecule has 0 bridgehead atoms. The van der Waals surface area contributed by atoms with Crippen LogP contribution in [0.4, 0.5) is 0 Å². The number of benzene rings is 2. The van der Waals surface area contributed by atoms with Gasteiger partial charge in [0.25, 0.3) is 8.32 Å². The first-order valence-corrected chi connectivity index (χ1v) is 11.4. The van der Waals surface area contributed by atoms with E-state index in [0.717, 1.165) is 19.4 Å². The summed E-state index contributed by atoms with van der Waals surface area (Å²) < 4.78 is 18.2. The van der Waals surface area contributed by atoms with Gasteiger partial charge in [-0.25, -0.2) is 0 Å². The van der Waals surface area contributed by atoms with Crippen molar-refractivity contribution in [3.8, 4) is 0 Å². The molecule has 2 aromatic rings. The lowest BCUT2D eigenvalue weighted by atomic mass is 10.2. The maximum absolute atomic E-state index is 7.11. The van der Waals surface area contributed by atoms with Crippen molar-refractivity contribution in [2.75, 3.05) is 20.0 Å². The Kier molecular flexibility index (Phi) is 6.30. The van der Waals surface area contributed by atoms with Crippen LogP contribution >= 0.6 is 0 Å². The molecule has 3 rings (SSSR count). The zero-order valence-corrected chi connectivity index (χ0v) is 17.1. The summed E-state index contributed by atoms with van der Waals surface area (Å²) in [5.74, 6) is 0. The van der Waals surface area contributed by atoms with Crippen molar-refractivity contribution in [1.82, 2.24) is 0 Å². The molecule has 1 saturated heterocycles. The van der Waals surface area contributed by atoms with Crippen molar-refractivity contribution in [1.29, 1.82) is 0 Å². The monoisotopic (exact) mass is 370 g/mol. The molecule has 1 heterocycles. The predicted molar refractivity (Wildman–Crippen MR) is 108 cm³/mol. The van der Waals surface area contributed by atoms with Gasteiger partial charge in [0.05, 0.1) is 12.7 Å². The van der Waals surface area contributed by atoms with Crippen LogP contribution in [-0.2, 0) is 13.9 Å². The smallest absolute Gasteiger partial charge is 0.261 e. The molecule has 0 radical (unpaired) electrons. The predicted octanol–water partition coefficient (Wildman–Crippen LogP) is 3.72. The van der Waals surface area contributed by atoms with Crippen molar-refractivity contribution >= 4 is 18.7 Å². The molecule has 2 aromatic carbocycles. The molecule has 1 aliphatic heterocycles. The Bertz CT molecular complexity index is 619. The summed E-state index contributed by atoms with van der Waals surface area (Å²) in [5, 5.41) is 2.63. The second kappa shape index (κ2) is 8.48. The topological polar surface area (TPSA) is 27.7 Å². The molecule has 140 valence electrons. The van der Waals surface area contributed by atoms with Gasteiger partial charge in [0.1, 0.15) is 6.79 Å². The van der Waals surface area contributed by atoms with E-state index in [-0.39, 0.29) is 11.1 Å². The van der Waals surface area contributed by atoms with Crippen LogP contribution in [0.3, 0.4) is 0 Å². The van der Waals surface area contributed by atoms with Crippen molar-refractivity contribution in [3.05, 3.63) is 60.7 Å². The zero-order chi connectivity index (χ0) is 18.5. The lowest BCUT2D eigenvalue weighted by Gasteiger charge is -2.45. The van der Waals surface area contributed by atoms with E-state index in [0.29, 0.717) is 13.4 Å². The van der Waals surface area contributed by atoms with Crippen LogP contribution in [0.5, 0.6) is 0 Å². The molecule has 1 unspecified atom stereocenters. The standard InChI is InChI=1S/C22H30O3Si/c1-22(2,3)26(20-12-6-4-7-13-20,21-14-8-5-9-15-21)25-19-11-10-16-23-18-24-17-19/h4-9,12-15,19H,10-11,16-18H2,1-3H3. The average Bonchev–Trinajstić information content (AvgIpc) is 2.61. The Labute approximate surface area is 158 Å². The summed E-state index contributed by atoms with van der Waals surface area (Å²) in [4.78, 5) is 0. The van der Waals surface area contributed by atoms with Crippen LogP contribution < -0.4 is 10.4 Å². The maximum atomic E-state index is 7.11. The second-order valence-corrected chi connectivity index (χ2v) is 12.2. The molecule has 4 heteroatoms. The van der Waals surface area contributed by atoms with E-state index < -0.39 is 8.32 Å². The highest BCUT2D eigenvalue weighted by Gasteiger charge is 2.51. The fourth-order valence-corrected chi connectivity index (χ4v) is 8.53. The normalized spacial score (nSPS) is 19.6. The van der Waals surface area contributed by atoms with Crippen molar-refractivity contribution < 1.29 is 13.9 Å². The van der Waals surface area contributed by atoms with Gasteiger partial charge in [0.15, 0.2) is 0 Å². The molecular formula is C22H30O3Si. The third-order valence-electron chi connectivity index (χ3n) is 5.05. The van der Waals surface area contributed by atoms with Crippen molar-refractivity contribution in [2.24, 2.45) is 0 Å². The molecule has 0 amide bonds. The molecule has 0 spiro atoms. The molecule has 3 nitrogen and oxygen atoms in total. The highest BCUT2D eigenvalue weighted by molar-refractivity contribution is 6.99. The lowest BCUT2D eigenvalue weighted by Crippen LogP contribution is -2.68. The van der Waals surface area contributed by atoms with Gasteiger partial charge in [-0.3, -0.25) is 0 Å². The van der Waals surface area contributed by atoms with E-state index in [1.165, 1.54) is 10.4 Å². The van der Waals surface area contributed by atoms with Gasteiger partial charge in [0, 0.05) is 6.61 Å². The van der Waals surface area contributed by atoms with Gasteiger partial charge in [-0.05, 0) is 28.3 Å². The lowest BCUT2D eigenvalue weighted by molar-refractivity contribution is -0.0938. The largest absolute Gasteiger partial charge is 0.402 e.